The molecule has 1 atom stereocenters. The van der Waals surface area contributed by atoms with E-state index in [9.17, 15) is 9.50 Å². The van der Waals surface area contributed by atoms with Crippen LogP contribution in [0.3, 0.4) is 0 Å². The maximum absolute atomic E-state index is 13.8. The summed E-state index contributed by atoms with van der Waals surface area (Å²) >= 11 is 0. The molecular weight excluding hydrogens is 299 g/mol. The zero-order valence-electron chi connectivity index (χ0n) is 12.3. The van der Waals surface area contributed by atoms with Gasteiger partial charge in [0.2, 0.25) is 0 Å². The molecule has 1 saturated heterocycles. The highest BCUT2D eigenvalue weighted by Crippen LogP contribution is 2.32. The number of hydrogen-bond donors (Lipinski definition) is 1. The lowest BCUT2D eigenvalue weighted by Crippen LogP contribution is -2.44. The molecule has 1 N–H and O–H groups in total. The first kappa shape index (κ1) is 15.1. The fourth-order valence-corrected chi connectivity index (χ4v) is 4.03. The number of halogens is 1. The first-order valence-electron chi connectivity index (χ1n) is 7.23. The number of aromatic hydroxyl groups is 1. The molecule has 2 aromatic rings. The smallest absolute Gasteiger partial charge is 0.146 e. The Bertz CT molecular complexity index is 684. The number of benzene rings is 2. The van der Waals surface area contributed by atoms with Crippen molar-refractivity contribution in [1.82, 2.24) is 4.31 Å². The van der Waals surface area contributed by atoms with Crippen molar-refractivity contribution in [2.75, 3.05) is 31.1 Å². The number of phenolic OH excluding ortho intramolecular Hbond substituents is 1. The van der Waals surface area contributed by atoms with E-state index in [1.165, 1.54) is 6.07 Å². The van der Waals surface area contributed by atoms with E-state index in [1.54, 1.807) is 18.2 Å². The van der Waals surface area contributed by atoms with E-state index < -0.39 is 0 Å². The Morgan fingerprint density at radius 2 is 1.73 bits per heavy atom. The Balaban J connectivity index is 1.67. The molecule has 0 spiro atoms. The Morgan fingerprint density at radius 1 is 1.00 bits per heavy atom. The van der Waals surface area contributed by atoms with Gasteiger partial charge in [-0.25, -0.2) is 8.70 Å². The predicted octanol–water partition coefficient (Wildman–Crippen LogP) is 3.33. The molecule has 0 saturated carbocycles. The molecule has 2 aromatic carbocycles. The first-order valence-corrected chi connectivity index (χ1v) is 8.58. The number of phenols is 1. The van der Waals surface area contributed by atoms with Gasteiger partial charge in [0, 0.05) is 31.1 Å². The van der Waals surface area contributed by atoms with Gasteiger partial charge in [0.15, 0.2) is 0 Å². The van der Waals surface area contributed by atoms with Crippen LogP contribution in [-0.2, 0) is 0 Å². The van der Waals surface area contributed by atoms with Crippen LogP contribution >= 0.6 is 10.7 Å². The molecule has 1 unspecified atom stereocenters. The van der Waals surface area contributed by atoms with Crippen molar-refractivity contribution in [3.63, 3.8) is 0 Å². The van der Waals surface area contributed by atoms with E-state index in [1.807, 2.05) is 24.3 Å². The van der Waals surface area contributed by atoms with Crippen LogP contribution in [0.4, 0.5) is 10.1 Å². The van der Waals surface area contributed by atoms with Crippen LogP contribution in [0.5, 0.6) is 5.75 Å². The number of nitrogens with zero attached hydrogens (tertiary/aromatic N) is 2. The fourth-order valence-electron chi connectivity index (χ4n) is 2.64. The van der Waals surface area contributed by atoms with Crippen molar-refractivity contribution >= 4 is 22.2 Å². The molecule has 0 radical (unpaired) electrons. The summed E-state index contributed by atoms with van der Waals surface area (Å²) in [5.74, 6) is 4.34. The molecule has 3 nitrogen and oxygen atoms in total. The molecule has 5 heteroatoms. The minimum absolute atomic E-state index is 0.169. The van der Waals surface area contributed by atoms with Crippen LogP contribution in [-0.4, -0.2) is 41.5 Å². The molecule has 22 heavy (non-hydrogen) atoms. The van der Waals surface area contributed by atoms with E-state index >= 15 is 0 Å². The van der Waals surface area contributed by atoms with Crippen molar-refractivity contribution in [1.29, 1.82) is 0 Å². The fraction of sp³-hybridized carbons (Fsp3) is 0.235. The highest BCUT2D eigenvalue weighted by Gasteiger charge is 2.21. The highest BCUT2D eigenvalue weighted by atomic mass is 32.2. The zero-order chi connectivity index (χ0) is 15.5. The summed E-state index contributed by atoms with van der Waals surface area (Å²) in [5.41, 5.74) is 0.670. The Kier molecular flexibility index (Phi) is 4.45. The van der Waals surface area contributed by atoms with E-state index in [2.05, 4.69) is 15.1 Å². The van der Waals surface area contributed by atoms with Crippen molar-refractivity contribution in [2.45, 2.75) is 4.90 Å². The summed E-state index contributed by atoms with van der Waals surface area (Å²) in [6, 6.07) is 14.2. The zero-order valence-corrected chi connectivity index (χ0v) is 13.1. The lowest BCUT2D eigenvalue weighted by Gasteiger charge is -2.37. The van der Waals surface area contributed by atoms with Crippen LogP contribution in [0.25, 0.3) is 0 Å². The average molecular weight is 318 g/mol. The third-order valence-corrected chi connectivity index (χ3v) is 5.62. The van der Waals surface area contributed by atoms with Gasteiger partial charge in [0.05, 0.1) is 5.69 Å². The van der Waals surface area contributed by atoms with Crippen molar-refractivity contribution in [3.05, 3.63) is 54.3 Å². The molecule has 0 aromatic heterocycles. The van der Waals surface area contributed by atoms with Gasteiger partial charge in [-0.15, -0.1) is 0 Å². The number of anilines is 1. The largest absolute Gasteiger partial charge is 0.508 e. The molecule has 1 aliphatic heterocycles. The average Bonchev–Trinajstić information content (AvgIpc) is 2.55. The van der Waals surface area contributed by atoms with Gasteiger partial charge in [0.1, 0.15) is 11.6 Å². The lowest BCUT2D eigenvalue weighted by molar-refractivity contribution is 0.425. The van der Waals surface area contributed by atoms with Crippen molar-refractivity contribution < 1.29 is 9.50 Å². The lowest BCUT2D eigenvalue weighted by atomic mass is 10.2. The van der Waals surface area contributed by atoms with Gasteiger partial charge in [0.25, 0.3) is 0 Å². The molecule has 0 amide bonds. The summed E-state index contributed by atoms with van der Waals surface area (Å²) in [7, 11) is -0.304. The predicted molar refractivity (Wildman–Crippen MR) is 91.3 cm³/mol. The third kappa shape index (κ3) is 3.15. The summed E-state index contributed by atoms with van der Waals surface area (Å²) in [6.07, 6.45) is 0. The molecule has 1 heterocycles. The summed E-state index contributed by atoms with van der Waals surface area (Å²) in [5, 5.41) is 9.59. The van der Waals surface area contributed by atoms with Gasteiger partial charge in [-0.05, 0) is 30.3 Å². The number of hydrogen-bond acceptors (Lipinski definition) is 3. The second kappa shape index (κ2) is 6.50. The van der Waals surface area contributed by atoms with Crippen LogP contribution in [0.15, 0.2) is 53.4 Å². The maximum atomic E-state index is 13.8. The maximum Gasteiger partial charge on any atom is 0.146 e. The molecule has 116 valence electrons. The molecule has 1 fully saturated rings. The first-order chi connectivity index (χ1) is 10.6. The molecule has 0 bridgehead atoms. The van der Waals surface area contributed by atoms with Crippen molar-refractivity contribution in [3.8, 4) is 5.75 Å². The minimum atomic E-state index is -0.304. The van der Waals surface area contributed by atoms with Gasteiger partial charge < -0.3 is 10.0 Å². The quantitative estimate of drug-likeness (QED) is 0.880. The molecule has 1 aliphatic rings. The second-order valence-electron chi connectivity index (χ2n) is 5.23. The summed E-state index contributed by atoms with van der Waals surface area (Å²) < 4.78 is 16.1. The number of para-hydroxylation sites is 1. The SMILES string of the molecule is C=S(c1cccc(O)c1)N1CCN(c2ccccc2F)CC1. The van der Waals surface area contributed by atoms with Gasteiger partial charge >= 0.3 is 0 Å². The molecule has 3 rings (SSSR count). The second-order valence-corrected chi connectivity index (χ2v) is 6.95. The Hall–Kier alpha value is -1.85. The van der Waals surface area contributed by atoms with Crippen molar-refractivity contribution in [2.24, 2.45) is 0 Å². The highest BCUT2D eigenvalue weighted by molar-refractivity contribution is 8.12. The normalized spacial score (nSPS) is 17.4. The Morgan fingerprint density at radius 3 is 2.41 bits per heavy atom. The van der Waals surface area contributed by atoms with Gasteiger partial charge in [-0.2, -0.15) is 0 Å². The summed E-state index contributed by atoms with van der Waals surface area (Å²) in [4.78, 5) is 3.10. The topological polar surface area (TPSA) is 26.7 Å². The third-order valence-electron chi connectivity index (χ3n) is 3.83. The summed E-state index contributed by atoms with van der Waals surface area (Å²) in [6.45, 7) is 3.21. The number of rotatable bonds is 3. The van der Waals surface area contributed by atoms with Crippen LogP contribution < -0.4 is 4.90 Å². The van der Waals surface area contributed by atoms with Gasteiger partial charge in [-0.3, -0.25) is 0 Å². The van der Waals surface area contributed by atoms with Crippen LogP contribution in [0.1, 0.15) is 0 Å². The standard InChI is InChI=1S/C17H19FN2OS/c1-22(15-6-4-5-14(21)13-15)20-11-9-19(10-12-20)17-8-3-2-7-16(17)18/h2-8,13,21H,1,9-12H2. The van der Waals surface area contributed by atoms with Gasteiger partial charge in [-0.1, -0.05) is 34.7 Å². The minimum Gasteiger partial charge on any atom is -0.508 e. The van der Waals surface area contributed by atoms with E-state index in [-0.39, 0.29) is 22.2 Å². The molecular formula is C17H19FN2OS. The van der Waals surface area contributed by atoms with Crippen LogP contribution in [0, 0.1) is 5.82 Å². The van der Waals surface area contributed by atoms with E-state index in [4.69, 9.17) is 0 Å². The number of piperazine rings is 1. The van der Waals surface area contributed by atoms with E-state index in [0.29, 0.717) is 5.69 Å². The van der Waals surface area contributed by atoms with E-state index in [0.717, 1.165) is 31.1 Å². The monoisotopic (exact) mass is 318 g/mol. The Labute approximate surface area is 132 Å². The van der Waals surface area contributed by atoms with Crippen LogP contribution in [0.2, 0.25) is 0 Å². The molecule has 0 aliphatic carbocycles.